The lowest BCUT2D eigenvalue weighted by molar-refractivity contribution is 0.167. The van der Waals surface area contributed by atoms with E-state index >= 15 is 0 Å². The van der Waals surface area contributed by atoms with Crippen LogP contribution in [0, 0.1) is 5.92 Å². The highest BCUT2D eigenvalue weighted by Gasteiger charge is 2.16. The molecule has 0 spiro atoms. The van der Waals surface area contributed by atoms with Crippen LogP contribution in [0.1, 0.15) is 12.0 Å². The van der Waals surface area contributed by atoms with Crippen molar-refractivity contribution in [2.24, 2.45) is 5.92 Å². The molecule has 1 saturated heterocycles. The van der Waals surface area contributed by atoms with Gasteiger partial charge in [0.2, 0.25) is 0 Å². The van der Waals surface area contributed by atoms with Crippen molar-refractivity contribution < 1.29 is 14.2 Å². The van der Waals surface area contributed by atoms with Crippen LogP contribution in [0.15, 0.2) is 24.3 Å². The van der Waals surface area contributed by atoms with Gasteiger partial charge >= 0.3 is 0 Å². The number of benzene rings is 1. The Balaban J connectivity index is 1.74. The summed E-state index contributed by atoms with van der Waals surface area (Å²) in [5.41, 5.74) is 1.23. The molecule has 19 heavy (non-hydrogen) atoms. The van der Waals surface area contributed by atoms with Gasteiger partial charge in [0, 0.05) is 32.7 Å². The molecule has 106 valence electrons. The van der Waals surface area contributed by atoms with Gasteiger partial charge in [-0.3, -0.25) is 0 Å². The van der Waals surface area contributed by atoms with E-state index in [0.717, 1.165) is 51.7 Å². The van der Waals surface area contributed by atoms with Gasteiger partial charge in [0.25, 0.3) is 0 Å². The number of hydrogen-bond acceptors (Lipinski definition) is 4. The molecule has 1 unspecified atom stereocenters. The largest absolute Gasteiger partial charge is 0.493 e. The van der Waals surface area contributed by atoms with Crippen LogP contribution in [-0.4, -0.2) is 40.1 Å². The first-order valence-electron chi connectivity index (χ1n) is 6.87. The van der Waals surface area contributed by atoms with E-state index in [1.165, 1.54) is 5.56 Å². The standard InChI is InChI=1S/C15H23NO3/c1-17-8-6-16-10-13-3-2-4-15(9-13)19-12-14-5-7-18-11-14/h2-4,9,14,16H,5-8,10-12H2,1H3. The second kappa shape index (κ2) is 8.15. The maximum atomic E-state index is 5.83. The number of ether oxygens (including phenoxy) is 3. The molecule has 1 aliphatic heterocycles. The van der Waals surface area contributed by atoms with Gasteiger partial charge in [-0.15, -0.1) is 0 Å². The second-order valence-corrected chi connectivity index (χ2v) is 4.86. The maximum absolute atomic E-state index is 5.83. The average Bonchev–Trinajstić information content (AvgIpc) is 2.95. The van der Waals surface area contributed by atoms with Crippen molar-refractivity contribution in [1.29, 1.82) is 0 Å². The van der Waals surface area contributed by atoms with Crippen LogP contribution in [0.2, 0.25) is 0 Å². The summed E-state index contributed by atoms with van der Waals surface area (Å²) in [6.07, 6.45) is 1.11. The van der Waals surface area contributed by atoms with E-state index in [1.807, 2.05) is 12.1 Å². The van der Waals surface area contributed by atoms with E-state index in [-0.39, 0.29) is 0 Å². The number of nitrogens with one attached hydrogen (secondary N) is 1. The van der Waals surface area contributed by atoms with Crippen molar-refractivity contribution in [3.05, 3.63) is 29.8 Å². The summed E-state index contributed by atoms with van der Waals surface area (Å²) in [6.45, 7) is 4.89. The Kier molecular flexibility index (Phi) is 6.14. The fourth-order valence-corrected chi connectivity index (χ4v) is 2.08. The van der Waals surface area contributed by atoms with Crippen LogP contribution in [0.3, 0.4) is 0 Å². The summed E-state index contributed by atoms with van der Waals surface area (Å²) in [4.78, 5) is 0. The van der Waals surface area contributed by atoms with Crippen molar-refractivity contribution in [3.63, 3.8) is 0 Å². The van der Waals surface area contributed by atoms with Crippen LogP contribution in [0.5, 0.6) is 5.75 Å². The van der Waals surface area contributed by atoms with Gasteiger partial charge in [-0.25, -0.2) is 0 Å². The highest BCUT2D eigenvalue weighted by atomic mass is 16.5. The molecular formula is C15H23NO3. The molecule has 1 N–H and O–H groups in total. The smallest absolute Gasteiger partial charge is 0.119 e. The molecule has 0 amide bonds. The fourth-order valence-electron chi connectivity index (χ4n) is 2.08. The van der Waals surface area contributed by atoms with E-state index in [9.17, 15) is 0 Å². The number of methoxy groups -OCH3 is 1. The Hall–Kier alpha value is -1.10. The van der Waals surface area contributed by atoms with Gasteiger partial charge < -0.3 is 19.5 Å². The molecule has 1 atom stereocenters. The molecule has 1 aromatic carbocycles. The van der Waals surface area contributed by atoms with Crippen LogP contribution in [-0.2, 0) is 16.0 Å². The quantitative estimate of drug-likeness (QED) is 0.728. The van der Waals surface area contributed by atoms with Gasteiger partial charge in [0.15, 0.2) is 0 Å². The Labute approximate surface area is 115 Å². The molecule has 0 radical (unpaired) electrons. The topological polar surface area (TPSA) is 39.7 Å². The van der Waals surface area contributed by atoms with Crippen molar-refractivity contribution in [2.45, 2.75) is 13.0 Å². The Morgan fingerprint density at radius 2 is 2.37 bits per heavy atom. The first-order chi connectivity index (χ1) is 9.38. The summed E-state index contributed by atoms with van der Waals surface area (Å²) >= 11 is 0. The molecule has 1 heterocycles. The Morgan fingerprint density at radius 1 is 1.42 bits per heavy atom. The second-order valence-electron chi connectivity index (χ2n) is 4.86. The lowest BCUT2D eigenvalue weighted by Gasteiger charge is -2.11. The van der Waals surface area contributed by atoms with Crippen LogP contribution < -0.4 is 10.1 Å². The molecule has 4 heteroatoms. The zero-order valence-electron chi connectivity index (χ0n) is 11.6. The first kappa shape index (κ1) is 14.3. The van der Waals surface area contributed by atoms with Gasteiger partial charge in [0.1, 0.15) is 5.75 Å². The molecular weight excluding hydrogens is 242 g/mol. The third-order valence-corrected chi connectivity index (χ3v) is 3.22. The molecule has 0 aromatic heterocycles. The fraction of sp³-hybridized carbons (Fsp3) is 0.600. The summed E-state index contributed by atoms with van der Waals surface area (Å²) in [5, 5.41) is 3.33. The van der Waals surface area contributed by atoms with E-state index in [0.29, 0.717) is 5.92 Å². The molecule has 1 fully saturated rings. The first-order valence-corrected chi connectivity index (χ1v) is 6.87. The minimum atomic E-state index is 0.545. The predicted octanol–water partition coefficient (Wildman–Crippen LogP) is 1.84. The predicted molar refractivity (Wildman–Crippen MR) is 74.4 cm³/mol. The van der Waals surface area contributed by atoms with Gasteiger partial charge in [-0.1, -0.05) is 12.1 Å². The highest BCUT2D eigenvalue weighted by Crippen LogP contribution is 2.17. The maximum Gasteiger partial charge on any atom is 0.119 e. The third kappa shape index (κ3) is 5.19. The van der Waals surface area contributed by atoms with E-state index < -0.39 is 0 Å². The number of rotatable bonds is 8. The monoisotopic (exact) mass is 265 g/mol. The molecule has 4 nitrogen and oxygen atoms in total. The average molecular weight is 265 g/mol. The summed E-state index contributed by atoms with van der Waals surface area (Å²) in [5.74, 6) is 1.49. The zero-order valence-corrected chi connectivity index (χ0v) is 11.6. The SMILES string of the molecule is COCCNCc1cccc(OCC2CCOC2)c1. The summed E-state index contributed by atoms with van der Waals surface area (Å²) < 4.78 is 16.2. The van der Waals surface area contributed by atoms with Gasteiger partial charge in [-0.2, -0.15) is 0 Å². The van der Waals surface area contributed by atoms with Crippen molar-refractivity contribution >= 4 is 0 Å². The lowest BCUT2D eigenvalue weighted by Crippen LogP contribution is -2.18. The van der Waals surface area contributed by atoms with Crippen molar-refractivity contribution in [1.82, 2.24) is 5.32 Å². The van der Waals surface area contributed by atoms with E-state index in [4.69, 9.17) is 14.2 Å². The van der Waals surface area contributed by atoms with E-state index in [2.05, 4.69) is 17.4 Å². The molecule has 0 bridgehead atoms. The lowest BCUT2D eigenvalue weighted by atomic mass is 10.1. The molecule has 1 aliphatic rings. The van der Waals surface area contributed by atoms with Gasteiger partial charge in [-0.05, 0) is 24.1 Å². The molecule has 2 rings (SSSR count). The normalized spacial score (nSPS) is 18.7. The van der Waals surface area contributed by atoms with Crippen LogP contribution in [0.25, 0.3) is 0 Å². The molecule has 0 aliphatic carbocycles. The summed E-state index contributed by atoms with van der Waals surface area (Å²) in [7, 11) is 1.71. The minimum absolute atomic E-state index is 0.545. The van der Waals surface area contributed by atoms with Crippen molar-refractivity contribution in [3.8, 4) is 5.75 Å². The summed E-state index contributed by atoms with van der Waals surface area (Å²) in [6, 6.07) is 8.24. The highest BCUT2D eigenvalue weighted by molar-refractivity contribution is 5.28. The number of hydrogen-bond donors (Lipinski definition) is 1. The molecule has 1 aromatic rings. The third-order valence-electron chi connectivity index (χ3n) is 3.22. The van der Waals surface area contributed by atoms with Crippen LogP contribution in [0.4, 0.5) is 0 Å². The minimum Gasteiger partial charge on any atom is -0.493 e. The Morgan fingerprint density at radius 3 is 3.16 bits per heavy atom. The molecule has 0 saturated carbocycles. The Bertz CT molecular complexity index is 364. The van der Waals surface area contributed by atoms with Crippen molar-refractivity contribution in [2.75, 3.05) is 40.1 Å². The van der Waals surface area contributed by atoms with E-state index in [1.54, 1.807) is 7.11 Å². The van der Waals surface area contributed by atoms with Gasteiger partial charge in [0.05, 0.1) is 19.8 Å². The zero-order chi connectivity index (χ0) is 13.3. The van der Waals surface area contributed by atoms with Crippen LogP contribution >= 0.6 is 0 Å².